The second-order valence-electron chi connectivity index (χ2n) is 8.45. The van der Waals surface area contributed by atoms with Crippen molar-refractivity contribution in [2.24, 2.45) is 0 Å². The third-order valence-electron chi connectivity index (χ3n) is 5.13. The molecule has 2 fully saturated rings. The first-order valence-corrected chi connectivity index (χ1v) is 9.78. The Morgan fingerprint density at radius 3 is 2.50 bits per heavy atom. The standard InChI is InChI=1S/C22H27N3O3/c1-22(2,3)28-21(26)25-14-17-11-18(25)13-24(17)20-10-9-19(12-23-20)27-15-16-7-5-4-6-8-16/h4-10,12,17-18H,11,13-15H2,1-3H3. The van der Waals surface area contributed by atoms with E-state index in [9.17, 15) is 4.79 Å². The van der Waals surface area contributed by atoms with Gasteiger partial charge >= 0.3 is 6.09 Å². The summed E-state index contributed by atoms with van der Waals surface area (Å²) in [6.45, 7) is 7.71. The van der Waals surface area contributed by atoms with E-state index in [1.54, 1.807) is 6.20 Å². The van der Waals surface area contributed by atoms with Crippen LogP contribution in [-0.2, 0) is 11.3 Å². The number of piperazine rings is 1. The van der Waals surface area contributed by atoms with Gasteiger partial charge in [0.2, 0.25) is 0 Å². The highest BCUT2D eigenvalue weighted by molar-refractivity contribution is 5.70. The first-order chi connectivity index (χ1) is 13.4. The van der Waals surface area contributed by atoms with Crippen LogP contribution in [0.15, 0.2) is 48.7 Å². The van der Waals surface area contributed by atoms with Crippen molar-refractivity contribution in [3.05, 3.63) is 54.2 Å². The van der Waals surface area contributed by atoms with E-state index in [1.807, 2.05) is 68.1 Å². The monoisotopic (exact) mass is 381 g/mol. The topological polar surface area (TPSA) is 54.9 Å². The maximum atomic E-state index is 12.4. The molecular formula is C22H27N3O3. The van der Waals surface area contributed by atoms with E-state index < -0.39 is 5.60 Å². The highest BCUT2D eigenvalue weighted by atomic mass is 16.6. The van der Waals surface area contributed by atoms with Gasteiger partial charge in [0.25, 0.3) is 0 Å². The Labute approximate surface area is 166 Å². The molecule has 2 aliphatic rings. The van der Waals surface area contributed by atoms with Gasteiger partial charge in [-0.2, -0.15) is 0 Å². The number of anilines is 1. The number of aromatic nitrogens is 1. The third kappa shape index (κ3) is 4.06. The molecule has 6 nitrogen and oxygen atoms in total. The van der Waals surface area contributed by atoms with E-state index >= 15 is 0 Å². The summed E-state index contributed by atoms with van der Waals surface area (Å²) in [5, 5.41) is 0. The molecule has 1 amide bonds. The SMILES string of the molecule is CC(C)(C)OC(=O)N1CC2CC1CN2c1ccc(OCc2ccccc2)cn1. The quantitative estimate of drug-likeness (QED) is 0.805. The molecule has 3 heterocycles. The number of amides is 1. The van der Waals surface area contributed by atoms with Crippen molar-refractivity contribution in [1.29, 1.82) is 0 Å². The van der Waals surface area contributed by atoms with Crippen LogP contribution in [0, 0.1) is 0 Å². The summed E-state index contributed by atoms with van der Waals surface area (Å²) in [4.78, 5) is 21.1. The lowest BCUT2D eigenvalue weighted by Gasteiger charge is -2.35. The van der Waals surface area contributed by atoms with Crippen molar-refractivity contribution in [2.45, 2.75) is 51.5 Å². The van der Waals surface area contributed by atoms with Crippen molar-refractivity contribution < 1.29 is 14.3 Å². The smallest absolute Gasteiger partial charge is 0.410 e. The van der Waals surface area contributed by atoms with Gasteiger partial charge in [-0.25, -0.2) is 9.78 Å². The van der Waals surface area contributed by atoms with Crippen LogP contribution in [0.4, 0.5) is 10.6 Å². The number of hydrogen-bond acceptors (Lipinski definition) is 5. The van der Waals surface area contributed by atoms with Gasteiger partial charge in [0.1, 0.15) is 23.8 Å². The number of carbonyl (C=O) groups is 1. The predicted octanol–water partition coefficient (Wildman–Crippen LogP) is 3.86. The number of likely N-dealkylation sites (tertiary alicyclic amines) is 1. The average molecular weight is 381 g/mol. The predicted molar refractivity (Wildman–Crippen MR) is 107 cm³/mol. The van der Waals surface area contributed by atoms with Crippen LogP contribution in [0.25, 0.3) is 0 Å². The Morgan fingerprint density at radius 1 is 1.11 bits per heavy atom. The van der Waals surface area contributed by atoms with Crippen molar-refractivity contribution in [2.75, 3.05) is 18.0 Å². The first kappa shape index (κ1) is 18.6. The van der Waals surface area contributed by atoms with Gasteiger partial charge in [-0.1, -0.05) is 30.3 Å². The van der Waals surface area contributed by atoms with Crippen LogP contribution in [0.1, 0.15) is 32.8 Å². The lowest BCUT2D eigenvalue weighted by Crippen LogP contribution is -2.50. The molecule has 0 aliphatic carbocycles. The maximum absolute atomic E-state index is 12.4. The van der Waals surface area contributed by atoms with Gasteiger partial charge < -0.3 is 19.3 Å². The van der Waals surface area contributed by atoms with Gasteiger partial charge in [0.15, 0.2) is 0 Å². The van der Waals surface area contributed by atoms with Gasteiger partial charge in [-0.15, -0.1) is 0 Å². The molecule has 4 rings (SSSR count). The van der Waals surface area contributed by atoms with E-state index in [4.69, 9.17) is 9.47 Å². The van der Waals surface area contributed by atoms with Crippen LogP contribution < -0.4 is 9.64 Å². The Kier molecular flexibility index (Phi) is 4.87. The molecule has 1 aromatic carbocycles. The number of fused-ring (bicyclic) bond motifs is 2. The third-order valence-corrected chi connectivity index (χ3v) is 5.13. The molecule has 6 heteroatoms. The second-order valence-corrected chi connectivity index (χ2v) is 8.45. The minimum absolute atomic E-state index is 0.190. The number of benzene rings is 1. The minimum atomic E-state index is -0.463. The Bertz CT molecular complexity index is 817. The Morgan fingerprint density at radius 2 is 1.89 bits per heavy atom. The van der Waals surface area contributed by atoms with Crippen LogP contribution in [0.3, 0.4) is 0 Å². The molecule has 0 N–H and O–H groups in total. The molecule has 2 unspecified atom stereocenters. The summed E-state index contributed by atoms with van der Waals surface area (Å²) in [7, 11) is 0. The number of rotatable bonds is 4. The molecule has 2 aromatic rings. The van der Waals surface area contributed by atoms with E-state index in [0.717, 1.165) is 30.1 Å². The van der Waals surface area contributed by atoms with Gasteiger partial charge in [0.05, 0.1) is 18.3 Å². The molecule has 0 radical (unpaired) electrons. The highest BCUT2D eigenvalue weighted by Crippen LogP contribution is 2.35. The van der Waals surface area contributed by atoms with Gasteiger partial charge in [-0.05, 0) is 44.9 Å². The summed E-state index contributed by atoms with van der Waals surface area (Å²) in [6.07, 6.45) is 2.53. The zero-order valence-corrected chi connectivity index (χ0v) is 16.7. The fraction of sp³-hybridized carbons (Fsp3) is 0.455. The number of pyridine rings is 1. The van der Waals surface area contributed by atoms with E-state index in [2.05, 4.69) is 9.88 Å². The molecule has 148 valence electrons. The maximum Gasteiger partial charge on any atom is 0.410 e. The molecule has 2 aliphatic heterocycles. The van der Waals surface area contributed by atoms with Gasteiger partial charge in [0, 0.05) is 13.1 Å². The average Bonchev–Trinajstić information content (AvgIpc) is 3.27. The summed E-state index contributed by atoms with van der Waals surface area (Å²) in [5.41, 5.74) is 0.668. The van der Waals surface area contributed by atoms with E-state index in [1.165, 1.54) is 0 Å². The lowest BCUT2D eigenvalue weighted by atomic mass is 10.2. The number of nitrogens with zero attached hydrogens (tertiary/aromatic N) is 3. The fourth-order valence-corrected chi connectivity index (χ4v) is 3.86. The second kappa shape index (κ2) is 7.34. The van der Waals surface area contributed by atoms with Crippen molar-refractivity contribution in [1.82, 2.24) is 9.88 Å². The minimum Gasteiger partial charge on any atom is -0.487 e. The summed E-state index contributed by atoms with van der Waals surface area (Å²) >= 11 is 0. The number of hydrogen-bond donors (Lipinski definition) is 0. The molecule has 2 saturated heterocycles. The molecule has 2 atom stereocenters. The Hall–Kier alpha value is -2.76. The van der Waals surface area contributed by atoms with Crippen LogP contribution in [0.5, 0.6) is 5.75 Å². The van der Waals surface area contributed by atoms with Crippen LogP contribution in [0.2, 0.25) is 0 Å². The zero-order valence-electron chi connectivity index (χ0n) is 16.7. The zero-order chi connectivity index (χ0) is 19.7. The summed E-state index contributed by atoms with van der Waals surface area (Å²) in [6, 6.07) is 14.5. The van der Waals surface area contributed by atoms with Crippen molar-refractivity contribution in [3.8, 4) is 5.75 Å². The molecule has 28 heavy (non-hydrogen) atoms. The molecule has 2 bridgehead atoms. The fourth-order valence-electron chi connectivity index (χ4n) is 3.86. The molecule has 0 spiro atoms. The van der Waals surface area contributed by atoms with Crippen molar-refractivity contribution in [3.63, 3.8) is 0 Å². The highest BCUT2D eigenvalue weighted by Gasteiger charge is 2.46. The van der Waals surface area contributed by atoms with Crippen molar-refractivity contribution >= 4 is 11.9 Å². The number of carbonyl (C=O) groups excluding carboxylic acids is 1. The normalized spacial score (nSPS) is 21.1. The summed E-state index contributed by atoms with van der Waals surface area (Å²) < 4.78 is 11.3. The Balaban J connectivity index is 1.33. The molecule has 0 saturated carbocycles. The van der Waals surface area contributed by atoms with Gasteiger partial charge in [-0.3, -0.25) is 0 Å². The summed E-state index contributed by atoms with van der Waals surface area (Å²) in [5.74, 6) is 1.69. The molecular weight excluding hydrogens is 354 g/mol. The van der Waals surface area contributed by atoms with E-state index in [0.29, 0.717) is 19.2 Å². The largest absolute Gasteiger partial charge is 0.487 e. The van der Waals surface area contributed by atoms with E-state index in [-0.39, 0.29) is 12.1 Å². The molecule has 1 aromatic heterocycles. The number of ether oxygens (including phenoxy) is 2. The first-order valence-electron chi connectivity index (χ1n) is 9.78. The van der Waals surface area contributed by atoms with Crippen LogP contribution >= 0.6 is 0 Å². The lowest BCUT2D eigenvalue weighted by molar-refractivity contribution is 0.0214. The van der Waals surface area contributed by atoms with Crippen LogP contribution in [-0.4, -0.2) is 46.8 Å².